The number of carbonyl (C=O) groups is 2. The van der Waals surface area contributed by atoms with Crippen LogP contribution in [0.3, 0.4) is 0 Å². The van der Waals surface area contributed by atoms with E-state index in [1.807, 2.05) is 43.8 Å². The first-order valence-electron chi connectivity index (χ1n) is 9.77. The first-order valence-corrected chi connectivity index (χ1v) is 9.77. The van der Waals surface area contributed by atoms with Crippen molar-refractivity contribution in [3.05, 3.63) is 47.7 Å². The Balaban J connectivity index is 1.84. The van der Waals surface area contributed by atoms with Crippen LogP contribution in [0.15, 0.2) is 30.5 Å². The molecule has 3 rings (SSSR count). The third-order valence-electron chi connectivity index (χ3n) is 5.05. The molecule has 0 N–H and O–H groups in total. The van der Waals surface area contributed by atoms with Crippen LogP contribution < -0.4 is 4.90 Å². The van der Waals surface area contributed by atoms with Crippen molar-refractivity contribution in [3.63, 3.8) is 0 Å². The van der Waals surface area contributed by atoms with Gasteiger partial charge in [0.25, 0.3) is 5.91 Å². The van der Waals surface area contributed by atoms with E-state index in [-0.39, 0.29) is 30.3 Å². The molecule has 1 aliphatic rings. The Kier molecular flexibility index (Phi) is 6.10. The molecule has 3 heterocycles. The number of anilines is 1. The first kappa shape index (κ1) is 20.7. The summed E-state index contributed by atoms with van der Waals surface area (Å²) < 4.78 is 0. The smallest absolute Gasteiger partial charge is 0.272 e. The number of aromatic nitrogens is 3. The molecule has 29 heavy (non-hydrogen) atoms. The van der Waals surface area contributed by atoms with Crippen LogP contribution in [0.2, 0.25) is 0 Å². The van der Waals surface area contributed by atoms with E-state index in [2.05, 4.69) is 9.97 Å². The quantitative estimate of drug-likeness (QED) is 0.742. The first-order chi connectivity index (χ1) is 13.8. The number of pyridine rings is 1. The van der Waals surface area contributed by atoms with Crippen molar-refractivity contribution in [2.75, 3.05) is 32.6 Å². The molecular formula is C21H28N6O2. The SMILES string of the molecule is CC(C)N1CC(c2cc(N(C)C)nc(CN(C)C(=O)c3ccccn3)n2)CC1=O. The van der Waals surface area contributed by atoms with Crippen molar-refractivity contribution >= 4 is 17.6 Å². The predicted molar refractivity (Wildman–Crippen MR) is 111 cm³/mol. The summed E-state index contributed by atoms with van der Waals surface area (Å²) in [5, 5.41) is 0. The maximum absolute atomic E-state index is 12.6. The summed E-state index contributed by atoms with van der Waals surface area (Å²) in [6.45, 7) is 4.96. The molecule has 1 unspecified atom stereocenters. The number of hydrogen-bond acceptors (Lipinski definition) is 6. The van der Waals surface area contributed by atoms with Gasteiger partial charge in [-0.2, -0.15) is 0 Å². The highest BCUT2D eigenvalue weighted by Gasteiger charge is 2.33. The lowest BCUT2D eigenvalue weighted by molar-refractivity contribution is -0.129. The highest BCUT2D eigenvalue weighted by Crippen LogP contribution is 2.29. The molecule has 0 radical (unpaired) electrons. The maximum Gasteiger partial charge on any atom is 0.272 e. The molecule has 0 aromatic carbocycles. The van der Waals surface area contributed by atoms with E-state index in [1.165, 1.54) is 0 Å². The zero-order valence-corrected chi connectivity index (χ0v) is 17.7. The Morgan fingerprint density at radius 2 is 2.00 bits per heavy atom. The number of carbonyl (C=O) groups excluding carboxylic acids is 2. The Bertz CT molecular complexity index is 884. The summed E-state index contributed by atoms with van der Waals surface area (Å²) in [6.07, 6.45) is 2.05. The van der Waals surface area contributed by atoms with Crippen LogP contribution in [0.25, 0.3) is 0 Å². The zero-order valence-electron chi connectivity index (χ0n) is 17.7. The zero-order chi connectivity index (χ0) is 21.1. The Morgan fingerprint density at radius 3 is 2.59 bits per heavy atom. The molecule has 2 amide bonds. The van der Waals surface area contributed by atoms with Gasteiger partial charge in [-0.1, -0.05) is 6.07 Å². The topological polar surface area (TPSA) is 82.5 Å². The molecule has 0 spiro atoms. The minimum atomic E-state index is -0.187. The van der Waals surface area contributed by atoms with Crippen molar-refractivity contribution in [1.82, 2.24) is 24.8 Å². The molecule has 154 valence electrons. The van der Waals surface area contributed by atoms with Gasteiger partial charge in [-0.05, 0) is 26.0 Å². The minimum absolute atomic E-state index is 0.0298. The van der Waals surface area contributed by atoms with Gasteiger partial charge in [-0.15, -0.1) is 0 Å². The lowest BCUT2D eigenvalue weighted by atomic mass is 10.0. The van der Waals surface area contributed by atoms with Crippen molar-refractivity contribution < 1.29 is 9.59 Å². The van der Waals surface area contributed by atoms with Crippen molar-refractivity contribution in [2.24, 2.45) is 0 Å². The molecule has 1 fully saturated rings. The summed E-state index contributed by atoms with van der Waals surface area (Å²) in [5.74, 6) is 1.31. The second-order valence-electron chi connectivity index (χ2n) is 7.88. The molecular weight excluding hydrogens is 368 g/mol. The largest absolute Gasteiger partial charge is 0.363 e. The predicted octanol–water partition coefficient (Wildman–Crippen LogP) is 1.93. The molecule has 1 atom stereocenters. The fourth-order valence-corrected chi connectivity index (χ4v) is 3.41. The number of amides is 2. The summed E-state index contributed by atoms with van der Waals surface area (Å²) in [4.78, 5) is 43.7. The lowest BCUT2D eigenvalue weighted by Crippen LogP contribution is -2.32. The van der Waals surface area contributed by atoms with E-state index in [0.29, 0.717) is 24.5 Å². The average Bonchev–Trinajstić information content (AvgIpc) is 3.09. The van der Waals surface area contributed by atoms with Gasteiger partial charge in [0.15, 0.2) is 0 Å². The van der Waals surface area contributed by atoms with Gasteiger partial charge < -0.3 is 14.7 Å². The minimum Gasteiger partial charge on any atom is -0.363 e. The molecule has 8 nitrogen and oxygen atoms in total. The van der Waals surface area contributed by atoms with Gasteiger partial charge in [-0.25, -0.2) is 9.97 Å². The molecule has 0 bridgehead atoms. The Morgan fingerprint density at radius 1 is 1.24 bits per heavy atom. The third-order valence-corrected chi connectivity index (χ3v) is 5.05. The van der Waals surface area contributed by atoms with E-state index in [0.717, 1.165) is 11.5 Å². The van der Waals surface area contributed by atoms with E-state index in [4.69, 9.17) is 4.98 Å². The summed E-state index contributed by atoms with van der Waals surface area (Å²) in [6, 6.07) is 7.35. The maximum atomic E-state index is 12.6. The van der Waals surface area contributed by atoms with E-state index in [9.17, 15) is 9.59 Å². The Labute approximate surface area is 171 Å². The second-order valence-corrected chi connectivity index (χ2v) is 7.88. The number of hydrogen-bond donors (Lipinski definition) is 0. The highest BCUT2D eigenvalue weighted by molar-refractivity contribution is 5.91. The van der Waals surface area contributed by atoms with Gasteiger partial charge in [0.1, 0.15) is 17.3 Å². The molecule has 1 saturated heterocycles. The van der Waals surface area contributed by atoms with Gasteiger partial charge >= 0.3 is 0 Å². The van der Waals surface area contributed by atoms with Crippen LogP contribution in [0.1, 0.15) is 48.2 Å². The van der Waals surface area contributed by atoms with Crippen molar-refractivity contribution in [2.45, 2.75) is 38.8 Å². The van der Waals surface area contributed by atoms with Gasteiger partial charge in [0, 0.05) is 58.3 Å². The molecule has 2 aromatic rings. The van der Waals surface area contributed by atoms with Gasteiger partial charge in [-0.3, -0.25) is 14.6 Å². The normalized spacial score (nSPS) is 16.4. The van der Waals surface area contributed by atoms with Gasteiger partial charge in [0.2, 0.25) is 5.91 Å². The van der Waals surface area contributed by atoms with Crippen LogP contribution in [-0.2, 0) is 11.3 Å². The Hall–Kier alpha value is -3.03. The molecule has 0 aliphatic carbocycles. The highest BCUT2D eigenvalue weighted by atomic mass is 16.2. The van der Waals surface area contributed by atoms with Gasteiger partial charge in [0.05, 0.1) is 12.2 Å². The number of rotatable bonds is 6. The second kappa shape index (κ2) is 8.55. The molecule has 0 saturated carbocycles. The summed E-state index contributed by atoms with van der Waals surface area (Å²) >= 11 is 0. The van der Waals surface area contributed by atoms with E-state index in [1.54, 1.807) is 36.3 Å². The van der Waals surface area contributed by atoms with Crippen LogP contribution in [-0.4, -0.2) is 70.3 Å². The summed E-state index contributed by atoms with van der Waals surface area (Å²) in [7, 11) is 5.54. The van der Waals surface area contributed by atoms with E-state index < -0.39 is 0 Å². The molecule has 1 aliphatic heterocycles. The van der Waals surface area contributed by atoms with Crippen LogP contribution in [0.4, 0.5) is 5.82 Å². The summed E-state index contributed by atoms with van der Waals surface area (Å²) in [5.41, 5.74) is 1.22. The average molecular weight is 396 g/mol. The fraction of sp³-hybridized carbons (Fsp3) is 0.476. The van der Waals surface area contributed by atoms with Crippen molar-refractivity contribution in [1.29, 1.82) is 0 Å². The fourth-order valence-electron chi connectivity index (χ4n) is 3.41. The van der Waals surface area contributed by atoms with E-state index >= 15 is 0 Å². The van der Waals surface area contributed by atoms with Crippen LogP contribution >= 0.6 is 0 Å². The monoisotopic (exact) mass is 396 g/mol. The standard InChI is InChI=1S/C21H28N6O2/c1-14(2)27-12-15(10-20(27)28)17-11-19(25(3)4)24-18(23-17)13-26(5)21(29)16-8-6-7-9-22-16/h6-9,11,14-15H,10,12-13H2,1-5H3. The van der Waals surface area contributed by atoms with Crippen molar-refractivity contribution in [3.8, 4) is 0 Å². The number of nitrogens with zero attached hydrogens (tertiary/aromatic N) is 6. The van der Waals surface area contributed by atoms with Crippen LogP contribution in [0, 0.1) is 0 Å². The van der Waals surface area contributed by atoms with Crippen LogP contribution in [0.5, 0.6) is 0 Å². The number of likely N-dealkylation sites (tertiary alicyclic amines) is 1. The lowest BCUT2D eigenvalue weighted by Gasteiger charge is -2.22. The third kappa shape index (κ3) is 4.70. The molecule has 8 heteroatoms. The molecule has 2 aromatic heterocycles.